The maximum Gasteiger partial charge on any atom is 0.273 e. The van der Waals surface area contributed by atoms with Crippen LogP contribution in [0, 0.1) is 5.92 Å². The highest BCUT2D eigenvalue weighted by atomic mass is 32.2. The number of nitrogens with one attached hydrogen (secondary N) is 1. The molecule has 1 N–H and O–H groups in total. The average molecular weight is 275 g/mol. The van der Waals surface area contributed by atoms with Crippen LogP contribution in [0.15, 0.2) is 21.7 Å². The molecule has 2 rings (SSSR count). The topological polar surface area (TPSA) is 72.5 Å². The van der Waals surface area contributed by atoms with Crippen LogP contribution < -0.4 is 4.72 Å². The number of amides is 1. The zero-order chi connectivity index (χ0) is 12.3. The number of carbonyl (C=O) groups excluding carboxylic acids is 1. The molecular weight excluding hydrogens is 262 g/mol. The second kappa shape index (κ2) is 5.16. The van der Waals surface area contributed by atoms with Gasteiger partial charge < -0.3 is 4.74 Å². The number of carbonyl (C=O) groups is 1. The fourth-order valence-electron chi connectivity index (χ4n) is 1.25. The van der Waals surface area contributed by atoms with E-state index in [2.05, 4.69) is 0 Å². The van der Waals surface area contributed by atoms with Gasteiger partial charge in [-0.15, -0.1) is 11.3 Å². The van der Waals surface area contributed by atoms with Crippen molar-refractivity contribution in [1.29, 1.82) is 0 Å². The summed E-state index contributed by atoms with van der Waals surface area (Å²) < 4.78 is 30.5. The molecule has 17 heavy (non-hydrogen) atoms. The minimum atomic E-state index is -3.71. The standard InChI is InChI=1S/C10H13NO4S2/c12-9(7-15-6-8-3-4-8)11-17(13,14)10-2-1-5-16-10/h1-2,5,8H,3-4,6-7H2,(H,11,12). The van der Waals surface area contributed by atoms with Gasteiger partial charge in [-0.25, -0.2) is 13.1 Å². The third kappa shape index (κ3) is 3.79. The molecule has 0 unspecified atom stereocenters. The quantitative estimate of drug-likeness (QED) is 0.840. The van der Waals surface area contributed by atoms with E-state index < -0.39 is 15.9 Å². The molecule has 5 nitrogen and oxygen atoms in total. The van der Waals surface area contributed by atoms with Crippen LogP contribution >= 0.6 is 11.3 Å². The molecule has 0 radical (unpaired) electrons. The summed E-state index contributed by atoms with van der Waals surface area (Å²) in [6.07, 6.45) is 2.27. The first-order chi connectivity index (χ1) is 8.08. The van der Waals surface area contributed by atoms with E-state index in [1.165, 1.54) is 6.07 Å². The summed E-state index contributed by atoms with van der Waals surface area (Å²) in [5.41, 5.74) is 0. The molecule has 1 aromatic rings. The molecule has 1 amide bonds. The van der Waals surface area contributed by atoms with Crippen molar-refractivity contribution in [3.63, 3.8) is 0 Å². The molecule has 0 aromatic carbocycles. The predicted octanol–water partition coefficient (Wildman–Crippen LogP) is 0.980. The van der Waals surface area contributed by atoms with E-state index in [1.54, 1.807) is 11.4 Å². The van der Waals surface area contributed by atoms with Gasteiger partial charge in [0.2, 0.25) is 0 Å². The Labute approximate surface area is 104 Å². The first-order valence-corrected chi connectivity index (χ1v) is 7.61. The Morgan fingerprint density at radius 1 is 1.53 bits per heavy atom. The van der Waals surface area contributed by atoms with Gasteiger partial charge >= 0.3 is 0 Å². The van der Waals surface area contributed by atoms with Crippen LogP contribution in [0.4, 0.5) is 0 Å². The summed E-state index contributed by atoms with van der Waals surface area (Å²) in [6, 6.07) is 3.07. The van der Waals surface area contributed by atoms with Crippen molar-refractivity contribution in [2.45, 2.75) is 17.1 Å². The molecule has 1 heterocycles. The van der Waals surface area contributed by atoms with Crippen molar-refractivity contribution in [2.24, 2.45) is 5.92 Å². The second-order valence-corrected chi connectivity index (χ2v) is 6.78. The summed E-state index contributed by atoms with van der Waals surface area (Å²) in [6.45, 7) is 0.327. The van der Waals surface area contributed by atoms with E-state index in [9.17, 15) is 13.2 Å². The lowest BCUT2D eigenvalue weighted by atomic mass is 10.5. The fourth-order valence-corrected chi connectivity index (χ4v) is 3.21. The van der Waals surface area contributed by atoms with Gasteiger partial charge in [0.05, 0.1) is 6.61 Å². The fraction of sp³-hybridized carbons (Fsp3) is 0.500. The Kier molecular flexibility index (Phi) is 3.80. The Hall–Kier alpha value is -0.920. The van der Waals surface area contributed by atoms with Crippen molar-refractivity contribution in [2.75, 3.05) is 13.2 Å². The van der Waals surface area contributed by atoms with Crippen molar-refractivity contribution >= 4 is 27.3 Å². The van der Waals surface area contributed by atoms with Gasteiger partial charge in [-0.1, -0.05) is 6.07 Å². The van der Waals surface area contributed by atoms with E-state index in [4.69, 9.17) is 4.74 Å². The van der Waals surface area contributed by atoms with Gasteiger partial charge in [-0.2, -0.15) is 0 Å². The third-order valence-electron chi connectivity index (χ3n) is 2.29. The summed E-state index contributed by atoms with van der Waals surface area (Å²) in [4.78, 5) is 11.3. The lowest BCUT2D eigenvalue weighted by molar-refractivity contribution is -0.124. The minimum absolute atomic E-state index is 0.132. The van der Waals surface area contributed by atoms with Gasteiger partial charge in [0, 0.05) is 0 Å². The highest BCUT2D eigenvalue weighted by molar-refractivity contribution is 7.92. The summed E-state index contributed by atoms with van der Waals surface area (Å²) in [5.74, 6) is -0.0734. The molecule has 0 atom stereocenters. The van der Waals surface area contributed by atoms with E-state index >= 15 is 0 Å². The summed E-state index contributed by atoms with van der Waals surface area (Å²) >= 11 is 1.07. The monoisotopic (exact) mass is 275 g/mol. The van der Waals surface area contributed by atoms with Crippen LogP contribution in [0.25, 0.3) is 0 Å². The van der Waals surface area contributed by atoms with Crippen molar-refractivity contribution < 1.29 is 17.9 Å². The lowest BCUT2D eigenvalue weighted by Gasteiger charge is -2.05. The van der Waals surface area contributed by atoms with Crippen molar-refractivity contribution in [3.8, 4) is 0 Å². The van der Waals surface area contributed by atoms with Gasteiger partial charge in [0.15, 0.2) is 0 Å². The molecule has 94 valence electrons. The Morgan fingerprint density at radius 3 is 2.88 bits per heavy atom. The van der Waals surface area contributed by atoms with Crippen LogP contribution in [0.1, 0.15) is 12.8 Å². The Morgan fingerprint density at radius 2 is 2.29 bits per heavy atom. The lowest BCUT2D eigenvalue weighted by Crippen LogP contribution is -2.33. The van der Waals surface area contributed by atoms with Crippen molar-refractivity contribution in [3.05, 3.63) is 17.5 Å². The SMILES string of the molecule is O=C(COCC1CC1)NS(=O)(=O)c1cccs1. The molecule has 0 bridgehead atoms. The zero-order valence-electron chi connectivity index (χ0n) is 9.09. The molecule has 0 aliphatic heterocycles. The largest absolute Gasteiger partial charge is 0.371 e. The second-order valence-electron chi connectivity index (χ2n) is 3.92. The first-order valence-electron chi connectivity index (χ1n) is 5.25. The van der Waals surface area contributed by atoms with E-state index in [-0.39, 0.29) is 10.8 Å². The van der Waals surface area contributed by atoms with Crippen LogP contribution in [0.3, 0.4) is 0 Å². The minimum Gasteiger partial charge on any atom is -0.371 e. The third-order valence-corrected chi connectivity index (χ3v) is 5.06. The van der Waals surface area contributed by atoms with E-state index in [0.29, 0.717) is 12.5 Å². The highest BCUT2D eigenvalue weighted by Gasteiger charge is 2.22. The normalized spacial score (nSPS) is 15.8. The van der Waals surface area contributed by atoms with Gasteiger partial charge in [-0.3, -0.25) is 4.79 Å². The molecule has 0 saturated heterocycles. The predicted molar refractivity (Wildman–Crippen MR) is 63.2 cm³/mol. The summed E-state index contributed by atoms with van der Waals surface area (Å²) in [5, 5.41) is 1.64. The number of hydrogen-bond donors (Lipinski definition) is 1. The maximum atomic E-state index is 11.6. The molecule has 1 fully saturated rings. The highest BCUT2D eigenvalue weighted by Crippen LogP contribution is 2.28. The first kappa shape index (κ1) is 12.5. The van der Waals surface area contributed by atoms with Crippen LogP contribution in [0.2, 0.25) is 0 Å². The molecule has 1 aromatic heterocycles. The van der Waals surface area contributed by atoms with Crippen LogP contribution in [-0.4, -0.2) is 27.5 Å². The molecule has 1 saturated carbocycles. The zero-order valence-corrected chi connectivity index (χ0v) is 10.7. The number of sulfonamides is 1. The number of ether oxygens (including phenoxy) is 1. The maximum absolute atomic E-state index is 11.6. The van der Waals surface area contributed by atoms with Crippen molar-refractivity contribution in [1.82, 2.24) is 4.72 Å². The number of rotatable bonds is 6. The van der Waals surface area contributed by atoms with Gasteiger partial charge in [0.1, 0.15) is 10.8 Å². The Balaban J connectivity index is 1.80. The molecular formula is C10H13NO4S2. The molecule has 7 heteroatoms. The van der Waals surface area contributed by atoms with Crippen LogP contribution in [0.5, 0.6) is 0 Å². The van der Waals surface area contributed by atoms with Gasteiger partial charge in [-0.05, 0) is 30.2 Å². The Bertz CT molecular complexity index is 476. The smallest absolute Gasteiger partial charge is 0.273 e. The molecule has 1 aliphatic carbocycles. The number of hydrogen-bond acceptors (Lipinski definition) is 5. The molecule has 0 spiro atoms. The number of thiophene rings is 1. The molecule has 1 aliphatic rings. The van der Waals surface area contributed by atoms with Gasteiger partial charge in [0.25, 0.3) is 15.9 Å². The summed E-state index contributed by atoms with van der Waals surface area (Å²) in [7, 11) is -3.71. The van der Waals surface area contributed by atoms with E-state index in [0.717, 1.165) is 24.2 Å². The average Bonchev–Trinajstić information content (AvgIpc) is 2.90. The van der Waals surface area contributed by atoms with E-state index in [1.807, 2.05) is 4.72 Å². The van der Waals surface area contributed by atoms with Crippen LogP contribution in [-0.2, 0) is 19.6 Å².